The van der Waals surface area contributed by atoms with Crippen molar-refractivity contribution in [3.8, 4) is 11.5 Å². The third-order valence-electron chi connectivity index (χ3n) is 4.73. The summed E-state index contributed by atoms with van der Waals surface area (Å²) in [6, 6.07) is 13.3. The second kappa shape index (κ2) is 12.5. The Morgan fingerprint density at radius 1 is 1.03 bits per heavy atom. The lowest BCUT2D eigenvalue weighted by atomic mass is 10.1. The maximum absolute atomic E-state index is 13.5. The van der Waals surface area contributed by atoms with E-state index in [2.05, 4.69) is 9.92 Å². The normalized spacial score (nSPS) is 13.8. The molecule has 2 atom stereocenters. The van der Waals surface area contributed by atoms with Crippen molar-refractivity contribution in [1.82, 2.24) is 5.09 Å². The lowest BCUT2D eigenvalue weighted by Gasteiger charge is -2.27. The van der Waals surface area contributed by atoms with Crippen LogP contribution >= 0.6 is 7.75 Å². The van der Waals surface area contributed by atoms with Crippen molar-refractivity contribution < 1.29 is 28.0 Å². The second-order valence-electron chi connectivity index (χ2n) is 7.09. The largest absolute Gasteiger partial charge is 0.733 e. The molecule has 0 aliphatic carbocycles. The van der Waals surface area contributed by atoms with E-state index in [4.69, 9.17) is 13.8 Å². The topological polar surface area (TPSA) is 109 Å². The molecule has 0 aliphatic heterocycles. The second-order valence-corrected chi connectivity index (χ2v) is 8.71. The molecule has 0 amide bonds. The number of carbonyl (C=O) groups is 1. The number of nitrogens with zero attached hydrogens (tertiary/aromatic N) is 1. The van der Waals surface area contributed by atoms with Crippen LogP contribution in [-0.2, 0) is 18.9 Å². The molecule has 2 rings (SSSR count). The van der Waals surface area contributed by atoms with Gasteiger partial charge in [0.25, 0.3) is 0 Å². The molecule has 32 heavy (non-hydrogen) atoms. The number of carbonyl (C=O) groups excluding carboxylic acids is 1. The number of para-hydroxylation sites is 1. The molecule has 9 nitrogen and oxygen atoms in total. The molecule has 1 N–H and O–H groups in total. The van der Waals surface area contributed by atoms with Crippen LogP contribution in [0.4, 0.5) is 5.69 Å². The van der Waals surface area contributed by atoms with E-state index < -0.39 is 19.8 Å². The first-order chi connectivity index (χ1) is 15.3. The summed E-state index contributed by atoms with van der Waals surface area (Å²) in [6.07, 6.45) is 1.79. The van der Waals surface area contributed by atoms with Crippen LogP contribution in [0.1, 0.15) is 33.6 Å². The summed E-state index contributed by atoms with van der Waals surface area (Å²) in [5, 5.41) is 14.5. The van der Waals surface area contributed by atoms with E-state index in [1.807, 2.05) is 13.8 Å². The number of ether oxygens (including phenoxy) is 1. The smallest absolute Gasteiger partial charge is 0.513 e. The van der Waals surface area contributed by atoms with Crippen LogP contribution in [0.5, 0.6) is 11.5 Å². The first kappa shape index (κ1) is 25.7. The van der Waals surface area contributed by atoms with Gasteiger partial charge in [-0.15, -0.1) is 0 Å². The minimum absolute atomic E-state index is 0.169. The van der Waals surface area contributed by atoms with Gasteiger partial charge in [0.05, 0.1) is 19.4 Å². The zero-order valence-corrected chi connectivity index (χ0v) is 19.6. The van der Waals surface area contributed by atoms with Crippen LogP contribution in [0.3, 0.4) is 0 Å². The molecule has 0 bridgehead atoms. The molecular weight excluding hydrogens is 435 g/mol. The van der Waals surface area contributed by atoms with Gasteiger partial charge in [-0.25, -0.2) is 4.57 Å². The molecule has 0 unspecified atom stereocenters. The minimum atomic E-state index is -4.05. The number of benzene rings is 2. The van der Waals surface area contributed by atoms with Gasteiger partial charge in [-0.05, 0) is 49.2 Å². The molecule has 0 saturated carbocycles. The molecule has 0 aliphatic rings. The van der Waals surface area contributed by atoms with E-state index in [0.717, 1.165) is 12.8 Å². The molecule has 2 aromatic rings. The molecule has 0 aromatic heterocycles. The molecule has 2 aromatic carbocycles. The zero-order chi connectivity index (χ0) is 23.6. The van der Waals surface area contributed by atoms with Crippen molar-refractivity contribution in [1.29, 1.82) is 0 Å². The fourth-order valence-corrected chi connectivity index (χ4v) is 4.22. The molecule has 0 fully saturated rings. The lowest BCUT2D eigenvalue weighted by molar-refractivity contribution is -0.146. The molecule has 10 heteroatoms. The van der Waals surface area contributed by atoms with Gasteiger partial charge in [0.2, 0.25) is 0 Å². The Hall–Kier alpha value is -2.58. The van der Waals surface area contributed by atoms with E-state index in [-0.39, 0.29) is 24.0 Å². The fourth-order valence-electron chi connectivity index (χ4n) is 2.70. The van der Waals surface area contributed by atoms with Crippen LogP contribution in [0, 0.1) is 11.1 Å². The summed E-state index contributed by atoms with van der Waals surface area (Å²) < 4.78 is 30.1. The van der Waals surface area contributed by atoms with Crippen LogP contribution in [0.25, 0.3) is 0 Å². The average molecular weight is 465 g/mol. The predicted octanol–water partition coefficient (Wildman–Crippen LogP) is 5.08. The van der Waals surface area contributed by atoms with Crippen molar-refractivity contribution in [3.05, 3.63) is 59.8 Å². The standard InChI is InChI=1S/C22H30N2O7P/c1-5-18(6-2)16-29-22(25)17(3)23-32(27,30-20-10-8-7-9-11-20)31-21-14-12-19(13-15-21)24(26)28-4/h7-15,17-18H,5-6,16H2,1-4H3,(H,23,27)/q-1/t17-,32-/m0/s1. The summed E-state index contributed by atoms with van der Waals surface area (Å²) in [5.41, 5.74) is 0.227. The van der Waals surface area contributed by atoms with Crippen molar-refractivity contribution in [2.24, 2.45) is 5.92 Å². The number of hydrogen-bond acceptors (Lipinski definition) is 8. The Morgan fingerprint density at radius 2 is 1.59 bits per heavy atom. The Morgan fingerprint density at radius 3 is 2.12 bits per heavy atom. The predicted molar refractivity (Wildman–Crippen MR) is 122 cm³/mol. The SMILES string of the molecule is CCC(CC)COC(=O)[C@H](C)N[P@](=O)(Oc1ccccc1)Oc1ccc(N([O-])OC)cc1. The Balaban J connectivity index is 2.15. The summed E-state index contributed by atoms with van der Waals surface area (Å²) in [4.78, 5) is 17.0. The molecule has 0 saturated heterocycles. The fraction of sp³-hybridized carbons (Fsp3) is 0.409. The summed E-state index contributed by atoms with van der Waals surface area (Å²) in [7, 11) is -2.81. The molecule has 0 radical (unpaired) electrons. The molecule has 0 heterocycles. The Kier molecular flexibility index (Phi) is 9.99. The average Bonchev–Trinajstić information content (AvgIpc) is 2.79. The third kappa shape index (κ3) is 7.84. The van der Waals surface area contributed by atoms with Crippen molar-refractivity contribution >= 4 is 19.4 Å². The number of esters is 1. The quantitative estimate of drug-likeness (QED) is 0.246. The van der Waals surface area contributed by atoms with E-state index >= 15 is 0 Å². The van der Waals surface area contributed by atoms with Gasteiger partial charge < -0.3 is 24.2 Å². The minimum Gasteiger partial charge on any atom is -0.733 e. The third-order valence-corrected chi connectivity index (χ3v) is 6.33. The highest BCUT2D eigenvalue weighted by molar-refractivity contribution is 7.52. The Labute approximate surface area is 188 Å². The summed E-state index contributed by atoms with van der Waals surface area (Å²) >= 11 is 0. The van der Waals surface area contributed by atoms with E-state index in [9.17, 15) is 14.6 Å². The van der Waals surface area contributed by atoms with Gasteiger partial charge in [0, 0.05) is 0 Å². The van der Waals surface area contributed by atoms with Gasteiger partial charge in [0.1, 0.15) is 17.5 Å². The number of hydrogen-bond donors (Lipinski definition) is 1. The maximum atomic E-state index is 13.5. The van der Waals surface area contributed by atoms with Crippen molar-refractivity contribution in [2.45, 2.75) is 39.7 Å². The number of anilines is 1. The number of nitrogens with one attached hydrogen (secondary N) is 1. The van der Waals surface area contributed by atoms with Gasteiger partial charge in [-0.1, -0.05) is 44.9 Å². The highest BCUT2D eigenvalue weighted by Crippen LogP contribution is 2.45. The molecule has 176 valence electrons. The van der Waals surface area contributed by atoms with Crippen molar-refractivity contribution in [3.63, 3.8) is 0 Å². The lowest BCUT2D eigenvalue weighted by Crippen LogP contribution is -2.36. The first-order valence-electron chi connectivity index (χ1n) is 10.4. The van der Waals surface area contributed by atoms with Gasteiger partial charge in [-0.3, -0.25) is 9.63 Å². The van der Waals surface area contributed by atoms with Crippen LogP contribution < -0.4 is 19.4 Å². The summed E-state index contributed by atoms with van der Waals surface area (Å²) in [5.74, 6) is 0.168. The van der Waals surface area contributed by atoms with Crippen LogP contribution in [0.15, 0.2) is 54.6 Å². The van der Waals surface area contributed by atoms with E-state index in [1.165, 1.54) is 38.3 Å². The summed E-state index contributed by atoms with van der Waals surface area (Å²) in [6.45, 7) is 5.87. The highest BCUT2D eigenvalue weighted by Gasteiger charge is 2.34. The van der Waals surface area contributed by atoms with Gasteiger partial charge in [0.15, 0.2) is 0 Å². The van der Waals surface area contributed by atoms with Crippen LogP contribution in [-0.4, -0.2) is 25.7 Å². The number of rotatable bonds is 13. The van der Waals surface area contributed by atoms with Gasteiger partial charge >= 0.3 is 13.7 Å². The van der Waals surface area contributed by atoms with Gasteiger partial charge in [-0.2, -0.15) is 5.09 Å². The van der Waals surface area contributed by atoms with Crippen molar-refractivity contribution in [2.75, 3.05) is 18.9 Å². The highest BCUT2D eigenvalue weighted by atomic mass is 31.2. The van der Waals surface area contributed by atoms with Crippen LogP contribution in [0.2, 0.25) is 0 Å². The first-order valence-corrected chi connectivity index (χ1v) is 11.9. The van der Waals surface area contributed by atoms with E-state index in [0.29, 0.717) is 11.0 Å². The molecule has 0 spiro atoms. The zero-order valence-electron chi connectivity index (χ0n) is 18.7. The van der Waals surface area contributed by atoms with E-state index in [1.54, 1.807) is 30.3 Å². The molecular formula is C22H30N2O7P-. The maximum Gasteiger partial charge on any atom is 0.513 e. The Bertz CT molecular complexity index is 876. The monoisotopic (exact) mass is 465 g/mol.